The van der Waals surface area contributed by atoms with Crippen LogP contribution in [0.4, 0.5) is 0 Å². The first-order valence-electron chi connectivity index (χ1n) is 7.02. The van der Waals surface area contributed by atoms with Gasteiger partial charge in [0.2, 0.25) is 0 Å². The fraction of sp³-hybridized carbons (Fsp3) is 0.200. The van der Waals surface area contributed by atoms with Gasteiger partial charge in [-0.15, -0.1) is 11.3 Å². The summed E-state index contributed by atoms with van der Waals surface area (Å²) in [7, 11) is 0. The van der Waals surface area contributed by atoms with Gasteiger partial charge in [-0.3, -0.25) is 0 Å². The van der Waals surface area contributed by atoms with Crippen molar-refractivity contribution in [1.82, 2.24) is 29.1 Å². The van der Waals surface area contributed by atoms with Gasteiger partial charge in [-0.05, 0) is 19.1 Å². The molecule has 0 bridgehead atoms. The molecule has 0 aliphatic heterocycles. The van der Waals surface area contributed by atoms with Gasteiger partial charge in [0.1, 0.15) is 12.0 Å². The lowest BCUT2D eigenvalue weighted by Gasteiger charge is -2.08. The van der Waals surface area contributed by atoms with E-state index in [2.05, 4.69) is 31.5 Å². The summed E-state index contributed by atoms with van der Waals surface area (Å²) in [6, 6.07) is 5.93. The van der Waals surface area contributed by atoms with Crippen LogP contribution in [0.25, 0.3) is 17.2 Å². The molecule has 0 fully saturated rings. The Bertz CT molecular complexity index is 919. The lowest BCUT2D eigenvalue weighted by atomic mass is 10.3. The number of pyridine rings is 1. The number of aromatic nitrogens is 6. The molecule has 0 amide bonds. The number of fused-ring (bicyclic) bond motifs is 1. The third-order valence-corrected chi connectivity index (χ3v) is 4.67. The van der Waals surface area contributed by atoms with Crippen molar-refractivity contribution in [2.24, 2.45) is 0 Å². The quantitative estimate of drug-likeness (QED) is 0.581. The normalized spacial score (nSPS) is 11.3. The minimum atomic E-state index is 0.824. The number of hydrogen-bond acceptors (Lipinski definition) is 5. The molecule has 0 N–H and O–H groups in total. The largest absolute Gasteiger partial charge is 0.329 e. The summed E-state index contributed by atoms with van der Waals surface area (Å²) in [6.45, 7) is 2.92. The molecular formula is C15H14N6S. The molecular weight excluding hydrogens is 296 g/mol. The first-order chi connectivity index (χ1) is 10.8. The number of thiazole rings is 1. The highest BCUT2D eigenvalue weighted by Crippen LogP contribution is 2.20. The summed E-state index contributed by atoms with van der Waals surface area (Å²) in [6.07, 6.45) is 6.34. The summed E-state index contributed by atoms with van der Waals surface area (Å²) in [5.41, 5.74) is 4.78. The van der Waals surface area contributed by atoms with Gasteiger partial charge in [0, 0.05) is 30.2 Å². The maximum Gasteiger partial charge on any atom is 0.158 e. The highest BCUT2D eigenvalue weighted by atomic mass is 32.1. The van der Waals surface area contributed by atoms with Crippen molar-refractivity contribution < 1.29 is 0 Å². The van der Waals surface area contributed by atoms with Crippen LogP contribution in [0.5, 0.6) is 0 Å². The highest BCUT2D eigenvalue weighted by Gasteiger charge is 2.11. The third-order valence-electron chi connectivity index (χ3n) is 3.67. The van der Waals surface area contributed by atoms with Gasteiger partial charge in [0.25, 0.3) is 0 Å². The number of hydrogen-bond donors (Lipinski definition) is 0. The first-order valence-corrected chi connectivity index (χ1v) is 7.90. The Morgan fingerprint density at radius 2 is 2.14 bits per heavy atom. The van der Waals surface area contributed by atoms with E-state index in [0.717, 1.165) is 35.8 Å². The number of imidazole rings is 1. The maximum absolute atomic E-state index is 4.50. The molecule has 4 aromatic heterocycles. The Morgan fingerprint density at radius 1 is 1.18 bits per heavy atom. The van der Waals surface area contributed by atoms with E-state index in [4.69, 9.17) is 0 Å². The molecule has 6 nitrogen and oxygen atoms in total. The molecule has 4 aromatic rings. The standard InChI is InChI=1S/C15H14N6S/c1-11-13(22-10-18-11)5-7-20-8-6-16-15(20)12-3-2-4-14-17-9-19-21(12)14/h2-4,6,8-10H,5,7H2,1H3. The van der Waals surface area contributed by atoms with E-state index in [1.807, 2.05) is 40.6 Å². The maximum atomic E-state index is 4.50. The zero-order valence-corrected chi connectivity index (χ0v) is 12.9. The average molecular weight is 310 g/mol. The van der Waals surface area contributed by atoms with E-state index in [-0.39, 0.29) is 0 Å². The van der Waals surface area contributed by atoms with Crippen molar-refractivity contribution in [2.75, 3.05) is 0 Å². The summed E-state index contributed by atoms with van der Waals surface area (Å²) >= 11 is 1.70. The van der Waals surface area contributed by atoms with Crippen LogP contribution in [0.2, 0.25) is 0 Å². The highest BCUT2D eigenvalue weighted by molar-refractivity contribution is 7.09. The third kappa shape index (κ3) is 2.19. The van der Waals surface area contributed by atoms with Crippen LogP contribution in [0, 0.1) is 6.92 Å². The second-order valence-electron chi connectivity index (χ2n) is 5.00. The molecule has 0 saturated carbocycles. The van der Waals surface area contributed by atoms with Gasteiger partial charge < -0.3 is 4.57 Å². The zero-order chi connectivity index (χ0) is 14.9. The Hall–Kier alpha value is -2.54. The van der Waals surface area contributed by atoms with Crippen LogP contribution >= 0.6 is 11.3 Å². The molecule has 0 aliphatic carbocycles. The molecule has 0 radical (unpaired) electrons. The molecule has 22 heavy (non-hydrogen) atoms. The van der Waals surface area contributed by atoms with Gasteiger partial charge in [-0.25, -0.2) is 19.5 Å². The predicted molar refractivity (Wildman–Crippen MR) is 84.8 cm³/mol. The van der Waals surface area contributed by atoms with Gasteiger partial charge in [-0.1, -0.05) is 6.07 Å². The predicted octanol–water partition coefficient (Wildman–Crippen LogP) is 2.60. The fourth-order valence-corrected chi connectivity index (χ4v) is 3.30. The van der Waals surface area contributed by atoms with Crippen molar-refractivity contribution in [2.45, 2.75) is 19.9 Å². The minimum absolute atomic E-state index is 0.824. The Balaban J connectivity index is 1.68. The van der Waals surface area contributed by atoms with Gasteiger partial charge >= 0.3 is 0 Å². The summed E-state index contributed by atoms with van der Waals surface area (Å²) in [5.74, 6) is 0.901. The summed E-state index contributed by atoms with van der Waals surface area (Å²) < 4.78 is 3.96. The van der Waals surface area contributed by atoms with Gasteiger partial charge in [-0.2, -0.15) is 5.10 Å². The van der Waals surface area contributed by atoms with E-state index in [0.29, 0.717) is 0 Å². The molecule has 4 rings (SSSR count). The molecule has 4 heterocycles. The topological polar surface area (TPSA) is 60.9 Å². The van der Waals surface area contributed by atoms with Crippen molar-refractivity contribution in [3.8, 4) is 11.5 Å². The number of aryl methyl sites for hydroxylation is 3. The fourth-order valence-electron chi connectivity index (χ4n) is 2.53. The van der Waals surface area contributed by atoms with Crippen molar-refractivity contribution >= 4 is 17.0 Å². The molecule has 110 valence electrons. The van der Waals surface area contributed by atoms with E-state index in [1.54, 1.807) is 17.7 Å². The van der Waals surface area contributed by atoms with Crippen LogP contribution in [0.15, 0.2) is 42.4 Å². The lowest BCUT2D eigenvalue weighted by Crippen LogP contribution is -2.05. The summed E-state index contributed by atoms with van der Waals surface area (Å²) in [5, 5.41) is 4.28. The Labute approximate surface area is 131 Å². The van der Waals surface area contributed by atoms with Crippen LogP contribution in [-0.2, 0) is 13.0 Å². The summed E-state index contributed by atoms with van der Waals surface area (Å²) in [4.78, 5) is 14.3. The van der Waals surface area contributed by atoms with E-state index in [1.165, 1.54) is 4.88 Å². The monoisotopic (exact) mass is 310 g/mol. The molecule has 0 aromatic carbocycles. The SMILES string of the molecule is Cc1ncsc1CCn1ccnc1-c1cccc2ncnn12. The second-order valence-corrected chi connectivity index (χ2v) is 5.94. The van der Waals surface area contributed by atoms with Gasteiger partial charge in [0.15, 0.2) is 11.5 Å². The molecule has 0 aliphatic rings. The number of nitrogens with zero attached hydrogens (tertiary/aromatic N) is 6. The first kappa shape index (κ1) is 13.1. The van der Waals surface area contributed by atoms with Crippen LogP contribution in [-0.4, -0.2) is 29.1 Å². The van der Waals surface area contributed by atoms with Crippen molar-refractivity contribution in [3.05, 3.63) is 53.0 Å². The van der Waals surface area contributed by atoms with Crippen molar-refractivity contribution in [3.63, 3.8) is 0 Å². The van der Waals surface area contributed by atoms with Gasteiger partial charge in [0.05, 0.1) is 11.2 Å². The van der Waals surface area contributed by atoms with E-state index >= 15 is 0 Å². The molecule has 0 saturated heterocycles. The lowest BCUT2D eigenvalue weighted by molar-refractivity contribution is 0.701. The molecule has 0 unspecified atom stereocenters. The zero-order valence-electron chi connectivity index (χ0n) is 12.0. The van der Waals surface area contributed by atoms with E-state index in [9.17, 15) is 0 Å². The minimum Gasteiger partial charge on any atom is -0.329 e. The van der Waals surface area contributed by atoms with E-state index < -0.39 is 0 Å². The smallest absolute Gasteiger partial charge is 0.158 e. The Morgan fingerprint density at radius 3 is 3.00 bits per heavy atom. The van der Waals surface area contributed by atoms with Crippen LogP contribution < -0.4 is 0 Å². The van der Waals surface area contributed by atoms with Crippen LogP contribution in [0.3, 0.4) is 0 Å². The average Bonchev–Trinajstić information content (AvgIpc) is 3.25. The molecule has 0 atom stereocenters. The molecule has 7 heteroatoms. The van der Waals surface area contributed by atoms with Crippen LogP contribution in [0.1, 0.15) is 10.6 Å². The Kier molecular flexibility index (Phi) is 3.19. The molecule has 0 spiro atoms. The van der Waals surface area contributed by atoms with Crippen molar-refractivity contribution in [1.29, 1.82) is 0 Å². The number of rotatable bonds is 4. The second kappa shape index (κ2) is 5.34.